The van der Waals surface area contributed by atoms with E-state index in [9.17, 15) is 4.79 Å². The third-order valence-corrected chi connectivity index (χ3v) is 5.48. The highest BCUT2D eigenvalue weighted by Crippen LogP contribution is 2.39. The predicted molar refractivity (Wildman–Crippen MR) is 80.2 cm³/mol. The molecule has 1 aromatic heterocycles. The Morgan fingerprint density at radius 3 is 2.81 bits per heavy atom. The van der Waals surface area contributed by atoms with Crippen LogP contribution >= 0.6 is 0 Å². The van der Waals surface area contributed by atoms with Crippen molar-refractivity contribution in [1.29, 1.82) is 0 Å². The number of rotatable bonds is 1. The molecule has 21 heavy (non-hydrogen) atoms. The van der Waals surface area contributed by atoms with Gasteiger partial charge in [0, 0.05) is 44.2 Å². The Hall–Kier alpha value is -1.36. The number of hydrogen-bond donors (Lipinski definition) is 0. The number of hydrogen-bond acceptors (Lipinski definition) is 3. The highest BCUT2D eigenvalue weighted by Gasteiger charge is 2.44. The molecule has 0 N–H and O–H groups in total. The van der Waals surface area contributed by atoms with Gasteiger partial charge in [-0.2, -0.15) is 0 Å². The van der Waals surface area contributed by atoms with Gasteiger partial charge in [-0.25, -0.2) is 4.98 Å². The molecule has 5 heteroatoms. The van der Waals surface area contributed by atoms with Gasteiger partial charge < -0.3 is 14.4 Å². The maximum atomic E-state index is 12.7. The Morgan fingerprint density at radius 2 is 2.05 bits per heavy atom. The molecule has 0 bridgehead atoms. The van der Waals surface area contributed by atoms with E-state index < -0.39 is 0 Å². The summed E-state index contributed by atoms with van der Waals surface area (Å²) in [6.45, 7) is 5.13. The number of carbonyl (C=O) groups is 1. The first-order valence-corrected chi connectivity index (χ1v) is 8.19. The van der Waals surface area contributed by atoms with Crippen LogP contribution in [0.2, 0.25) is 0 Å². The number of likely N-dealkylation sites (tertiary alicyclic amines) is 2. The topological polar surface area (TPSA) is 41.4 Å². The second kappa shape index (κ2) is 4.83. The van der Waals surface area contributed by atoms with Crippen molar-refractivity contribution < 1.29 is 4.79 Å². The molecule has 0 radical (unpaired) electrons. The summed E-state index contributed by atoms with van der Waals surface area (Å²) in [6, 6.07) is 0. The maximum Gasteiger partial charge on any atom is 0.274 e. The summed E-state index contributed by atoms with van der Waals surface area (Å²) in [5, 5.41) is 0. The third-order valence-electron chi connectivity index (χ3n) is 5.48. The fourth-order valence-corrected chi connectivity index (χ4v) is 4.28. The van der Waals surface area contributed by atoms with Gasteiger partial charge in [0.2, 0.25) is 0 Å². The first kappa shape index (κ1) is 13.3. The molecule has 3 aliphatic rings. The van der Waals surface area contributed by atoms with Gasteiger partial charge in [0.1, 0.15) is 11.5 Å². The monoisotopic (exact) mass is 288 g/mol. The first-order chi connectivity index (χ1) is 10.2. The van der Waals surface area contributed by atoms with Gasteiger partial charge in [0.05, 0.1) is 0 Å². The van der Waals surface area contributed by atoms with Gasteiger partial charge in [-0.3, -0.25) is 4.79 Å². The Kier molecular flexibility index (Phi) is 3.06. The van der Waals surface area contributed by atoms with Crippen LogP contribution in [-0.4, -0.2) is 58.5 Å². The quantitative estimate of drug-likeness (QED) is 0.784. The predicted octanol–water partition coefficient (Wildman–Crippen LogP) is 1.39. The molecule has 1 unspecified atom stereocenters. The standard InChI is InChI=1S/C16H24N4O/c1-18-8-5-16(11-18)6-9-20(12-16)15(21)13-10-19-7-3-2-4-14(19)17-13/h10H,2-9,11-12H2,1H3. The Bertz CT molecular complexity index is 543. The molecular formula is C16H24N4O. The van der Waals surface area contributed by atoms with E-state index in [1.807, 2.05) is 11.1 Å². The van der Waals surface area contributed by atoms with Crippen LogP contribution in [0.4, 0.5) is 0 Å². The average Bonchev–Trinajstić information content (AvgIpc) is 3.17. The Morgan fingerprint density at radius 1 is 1.19 bits per heavy atom. The van der Waals surface area contributed by atoms with Crippen LogP contribution in [0.1, 0.15) is 42.0 Å². The highest BCUT2D eigenvalue weighted by atomic mass is 16.2. The summed E-state index contributed by atoms with van der Waals surface area (Å²) in [5.41, 5.74) is 1.01. The molecule has 2 fully saturated rings. The van der Waals surface area contributed by atoms with Crippen LogP contribution in [0.25, 0.3) is 0 Å². The van der Waals surface area contributed by atoms with Crippen molar-refractivity contribution in [3.63, 3.8) is 0 Å². The molecule has 1 spiro atoms. The van der Waals surface area contributed by atoms with E-state index in [-0.39, 0.29) is 5.91 Å². The molecule has 4 heterocycles. The molecule has 114 valence electrons. The maximum absolute atomic E-state index is 12.7. The van der Waals surface area contributed by atoms with Gasteiger partial charge >= 0.3 is 0 Å². The van der Waals surface area contributed by atoms with E-state index >= 15 is 0 Å². The van der Waals surface area contributed by atoms with Crippen LogP contribution in [0.3, 0.4) is 0 Å². The number of aromatic nitrogens is 2. The molecule has 4 rings (SSSR count). The number of imidazole rings is 1. The number of nitrogens with zero attached hydrogens (tertiary/aromatic N) is 4. The Balaban J connectivity index is 1.49. The lowest BCUT2D eigenvalue weighted by Gasteiger charge is -2.23. The van der Waals surface area contributed by atoms with Gasteiger partial charge in [0.25, 0.3) is 5.91 Å². The summed E-state index contributed by atoms with van der Waals surface area (Å²) in [4.78, 5) is 21.7. The van der Waals surface area contributed by atoms with Crippen molar-refractivity contribution in [2.45, 2.75) is 38.6 Å². The summed E-state index contributed by atoms with van der Waals surface area (Å²) in [6.07, 6.45) is 7.77. The number of aryl methyl sites for hydroxylation is 2. The largest absolute Gasteiger partial charge is 0.337 e. The van der Waals surface area contributed by atoms with E-state index in [4.69, 9.17) is 0 Å². The first-order valence-electron chi connectivity index (χ1n) is 8.19. The molecule has 0 aliphatic carbocycles. The zero-order chi connectivity index (χ0) is 14.4. The SMILES string of the molecule is CN1CCC2(CCN(C(=O)c3cn4c(n3)CCCC4)C2)C1. The minimum absolute atomic E-state index is 0.142. The molecule has 1 aromatic rings. The molecule has 0 aromatic carbocycles. The van der Waals surface area contributed by atoms with Crippen LogP contribution < -0.4 is 0 Å². The van der Waals surface area contributed by atoms with Crippen LogP contribution in [0, 0.1) is 5.41 Å². The van der Waals surface area contributed by atoms with E-state index in [0.717, 1.165) is 44.8 Å². The minimum Gasteiger partial charge on any atom is -0.337 e. The fraction of sp³-hybridized carbons (Fsp3) is 0.750. The molecule has 2 saturated heterocycles. The van der Waals surface area contributed by atoms with Crippen LogP contribution in [0.5, 0.6) is 0 Å². The lowest BCUT2D eigenvalue weighted by Crippen LogP contribution is -2.33. The van der Waals surface area contributed by atoms with Crippen molar-refractivity contribution in [2.75, 3.05) is 33.2 Å². The number of fused-ring (bicyclic) bond motifs is 1. The van der Waals surface area contributed by atoms with Gasteiger partial charge in [-0.05, 0) is 39.3 Å². The summed E-state index contributed by atoms with van der Waals surface area (Å²) >= 11 is 0. The fourth-order valence-electron chi connectivity index (χ4n) is 4.28. The van der Waals surface area contributed by atoms with Crippen LogP contribution in [-0.2, 0) is 13.0 Å². The number of carbonyl (C=O) groups excluding carboxylic acids is 1. The second-order valence-electron chi connectivity index (χ2n) is 7.16. The average molecular weight is 288 g/mol. The zero-order valence-electron chi connectivity index (χ0n) is 12.8. The lowest BCUT2D eigenvalue weighted by molar-refractivity contribution is 0.0768. The van der Waals surface area contributed by atoms with E-state index in [1.165, 1.54) is 25.8 Å². The van der Waals surface area contributed by atoms with Crippen molar-refractivity contribution in [3.05, 3.63) is 17.7 Å². The van der Waals surface area contributed by atoms with Crippen LogP contribution in [0.15, 0.2) is 6.20 Å². The smallest absolute Gasteiger partial charge is 0.274 e. The number of amides is 1. The molecule has 5 nitrogen and oxygen atoms in total. The van der Waals surface area contributed by atoms with Gasteiger partial charge in [0.15, 0.2) is 0 Å². The second-order valence-corrected chi connectivity index (χ2v) is 7.16. The van der Waals surface area contributed by atoms with E-state index in [2.05, 4.69) is 21.5 Å². The molecular weight excluding hydrogens is 264 g/mol. The summed E-state index contributed by atoms with van der Waals surface area (Å²) in [5.74, 6) is 1.24. The van der Waals surface area contributed by atoms with E-state index in [1.54, 1.807) is 0 Å². The minimum atomic E-state index is 0.142. The van der Waals surface area contributed by atoms with Crippen molar-refractivity contribution in [1.82, 2.24) is 19.4 Å². The zero-order valence-corrected chi connectivity index (χ0v) is 12.8. The normalized spacial score (nSPS) is 29.3. The Labute approximate surface area is 125 Å². The molecule has 1 atom stereocenters. The summed E-state index contributed by atoms with van der Waals surface area (Å²) in [7, 11) is 2.18. The summed E-state index contributed by atoms with van der Waals surface area (Å²) < 4.78 is 2.17. The van der Waals surface area contributed by atoms with Gasteiger partial charge in [-0.15, -0.1) is 0 Å². The van der Waals surface area contributed by atoms with Crippen molar-refractivity contribution >= 4 is 5.91 Å². The van der Waals surface area contributed by atoms with Crippen molar-refractivity contribution in [2.24, 2.45) is 5.41 Å². The molecule has 3 aliphatic heterocycles. The highest BCUT2D eigenvalue weighted by molar-refractivity contribution is 5.92. The van der Waals surface area contributed by atoms with Gasteiger partial charge in [-0.1, -0.05) is 0 Å². The molecule has 0 saturated carbocycles. The lowest BCUT2D eigenvalue weighted by atomic mass is 9.86. The van der Waals surface area contributed by atoms with E-state index in [0.29, 0.717) is 11.1 Å². The third kappa shape index (κ3) is 2.27. The molecule has 1 amide bonds. The van der Waals surface area contributed by atoms with Crippen molar-refractivity contribution in [3.8, 4) is 0 Å².